The average molecular weight is 348 g/mol. The van der Waals surface area contributed by atoms with Crippen LogP contribution >= 0.6 is 11.6 Å². The Morgan fingerprint density at radius 1 is 1.21 bits per heavy atom. The molecule has 0 aliphatic carbocycles. The quantitative estimate of drug-likeness (QED) is 0.771. The largest absolute Gasteiger partial charge is 0.328 e. The molecule has 0 saturated carbocycles. The molecule has 3 aliphatic rings. The summed E-state index contributed by atoms with van der Waals surface area (Å²) in [7, 11) is 0. The van der Waals surface area contributed by atoms with E-state index in [4.69, 9.17) is 11.6 Å². The number of hydrogen-bond acceptors (Lipinski definition) is 3. The predicted molar refractivity (Wildman–Crippen MR) is 88.8 cm³/mol. The van der Waals surface area contributed by atoms with Crippen molar-refractivity contribution in [2.75, 3.05) is 18.0 Å². The first-order chi connectivity index (χ1) is 11.4. The minimum atomic E-state index is -0.738. The zero-order valence-electron chi connectivity index (χ0n) is 13.4. The number of anilines is 1. The number of hydrogen-bond donors (Lipinski definition) is 0. The molecule has 3 saturated heterocycles. The monoisotopic (exact) mass is 347 g/mol. The molecule has 6 nitrogen and oxygen atoms in total. The number of carbonyl (C=O) groups excluding carboxylic acids is 3. The molecule has 0 aromatic heterocycles. The maximum atomic E-state index is 12.8. The Balaban J connectivity index is 1.61. The highest BCUT2D eigenvalue weighted by atomic mass is 35.5. The van der Waals surface area contributed by atoms with E-state index in [1.54, 1.807) is 28.0 Å². The maximum absolute atomic E-state index is 12.8. The van der Waals surface area contributed by atoms with Gasteiger partial charge in [-0.1, -0.05) is 23.7 Å². The first kappa shape index (κ1) is 15.4. The summed E-state index contributed by atoms with van der Waals surface area (Å²) in [5.74, 6) is -0.297. The summed E-state index contributed by atoms with van der Waals surface area (Å²) < 4.78 is 0. The fraction of sp³-hybridized carbons (Fsp3) is 0.471. The number of amides is 4. The van der Waals surface area contributed by atoms with Crippen molar-refractivity contribution in [1.82, 2.24) is 9.80 Å². The Kier molecular flexibility index (Phi) is 3.35. The van der Waals surface area contributed by atoms with Gasteiger partial charge in [0.1, 0.15) is 5.54 Å². The van der Waals surface area contributed by atoms with E-state index in [-0.39, 0.29) is 24.3 Å². The zero-order chi connectivity index (χ0) is 17.1. The molecule has 3 fully saturated rings. The molecule has 4 amide bonds. The van der Waals surface area contributed by atoms with Crippen LogP contribution in [0.15, 0.2) is 24.3 Å². The number of para-hydroxylation sites is 1. The fourth-order valence-electron chi connectivity index (χ4n) is 4.06. The molecular formula is C17H18ClN3O3. The lowest BCUT2D eigenvalue weighted by atomic mass is 9.99. The lowest BCUT2D eigenvalue weighted by Gasteiger charge is -2.23. The second-order valence-corrected chi connectivity index (χ2v) is 7.21. The average Bonchev–Trinajstić information content (AvgIpc) is 3.16. The highest BCUT2D eigenvalue weighted by Gasteiger charge is 2.59. The molecule has 4 rings (SSSR count). The standard InChI is InChI=1S/C17H18ClN3O3/c1-17-7-4-8-20(17)16(24)21(15(17)23)11-9-14(22)19(10-11)13-6-3-2-5-12(13)18/h2-3,5-6,11H,4,7-10H2,1H3/t11-,17-/m0/s1. The van der Waals surface area contributed by atoms with Crippen LogP contribution in [0.2, 0.25) is 5.02 Å². The Morgan fingerprint density at radius 2 is 1.96 bits per heavy atom. The van der Waals surface area contributed by atoms with E-state index in [2.05, 4.69) is 0 Å². The molecule has 0 radical (unpaired) electrons. The first-order valence-corrected chi connectivity index (χ1v) is 8.51. The summed E-state index contributed by atoms with van der Waals surface area (Å²) in [6, 6.07) is 6.41. The van der Waals surface area contributed by atoms with Crippen LogP contribution in [0.1, 0.15) is 26.2 Å². The molecule has 3 heterocycles. The van der Waals surface area contributed by atoms with Gasteiger partial charge in [0.05, 0.1) is 16.8 Å². The molecule has 0 bridgehead atoms. The van der Waals surface area contributed by atoms with Crippen LogP contribution in [-0.2, 0) is 9.59 Å². The van der Waals surface area contributed by atoms with Gasteiger partial charge in [-0.15, -0.1) is 0 Å². The lowest BCUT2D eigenvalue weighted by molar-refractivity contribution is -0.133. The van der Waals surface area contributed by atoms with Crippen molar-refractivity contribution >= 4 is 35.1 Å². The van der Waals surface area contributed by atoms with Gasteiger partial charge in [0, 0.05) is 19.5 Å². The second kappa shape index (κ2) is 5.21. The predicted octanol–water partition coefficient (Wildman–Crippen LogP) is 2.26. The van der Waals surface area contributed by atoms with E-state index >= 15 is 0 Å². The summed E-state index contributed by atoms with van der Waals surface area (Å²) in [6.45, 7) is 2.72. The number of rotatable bonds is 2. The third kappa shape index (κ3) is 1.99. The van der Waals surface area contributed by atoms with Gasteiger partial charge < -0.3 is 9.80 Å². The summed E-state index contributed by atoms with van der Waals surface area (Å²) in [5.41, 5.74) is -0.115. The molecule has 1 aromatic rings. The van der Waals surface area contributed by atoms with E-state index in [1.807, 2.05) is 13.0 Å². The van der Waals surface area contributed by atoms with Crippen LogP contribution in [0.5, 0.6) is 0 Å². The third-order valence-corrected chi connectivity index (χ3v) is 5.69. The van der Waals surface area contributed by atoms with E-state index in [0.717, 1.165) is 6.42 Å². The number of urea groups is 1. The van der Waals surface area contributed by atoms with Gasteiger partial charge in [-0.2, -0.15) is 0 Å². The van der Waals surface area contributed by atoms with E-state index in [1.165, 1.54) is 4.90 Å². The summed E-state index contributed by atoms with van der Waals surface area (Å²) in [5, 5.41) is 0.484. The van der Waals surface area contributed by atoms with Crippen LogP contribution in [0.3, 0.4) is 0 Å². The van der Waals surface area contributed by atoms with Crippen molar-refractivity contribution in [2.24, 2.45) is 0 Å². The van der Waals surface area contributed by atoms with Gasteiger partial charge in [-0.25, -0.2) is 4.79 Å². The third-order valence-electron chi connectivity index (χ3n) is 5.37. The van der Waals surface area contributed by atoms with Gasteiger partial charge in [0.25, 0.3) is 5.91 Å². The summed E-state index contributed by atoms with van der Waals surface area (Å²) in [6.07, 6.45) is 1.67. The number of carbonyl (C=O) groups is 3. The molecule has 24 heavy (non-hydrogen) atoms. The zero-order valence-corrected chi connectivity index (χ0v) is 14.1. The van der Waals surface area contributed by atoms with Crippen molar-refractivity contribution in [3.05, 3.63) is 29.3 Å². The molecule has 2 atom stereocenters. The van der Waals surface area contributed by atoms with Crippen molar-refractivity contribution in [1.29, 1.82) is 0 Å². The molecule has 0 N–H and O–H groups in total. The summed E-state index contributed by atoms with van der Waals surface area (Å²) in [4.78, 5) is 42.5. The molecule has 0 unspecified atom stereocenters. The Morgan fingerprint density at radius 3 is 2.67 bits per heavy atom. The minimum absolute atomic E-state index is 0.120. The SMILES string of the molecule is C[C@@]12CCCN1C(=O)N([C@H]1CC(=O)N(c3ccccc3Cl)C1)C2=O. The summed E-state index contributed by atoms with van der Waals surface area (Å²) >= 11 is 6.18. The van der Waals surface area contributed by atoms with E-state index in [9.17, 15) is 14.4 Å². The Labute approximate surface area is 144 Å². The number of fused-ring (bicyclic) bond motifs is 1. The number of halogens is 1. The second-order valence-electron chi connectivity index (χ2n) is 6.80. The number of nitrogens with zero attached hydrogens (tertiary/aromatic N) is 3. The Hall–Kier alpha value is -2.08. The van der Waals surface area contributed by atoms with Crippen LogP contribution in [0.4, 0.5) is 10.5 Å². The number of benzene rings is 1. The minimum Gasteiger partial charge on any atom is -0.310 e. The van der Waals surface area contributed by atoms with Crippen LogP contribution in [0, 0.1) is 0 Å². The molecule has 3 aliphatic heterocycles. The van der Waals surface area contributed by atoms with Crippen LogP contribution in [0.25, 0.3) is 0 Å². The van der Waals surface area contributed by atoms with E-state index in [0.29, 0.717) is 30.2 Å². The van der Waals surface area contributed by atoms with Crippen LogP contribution < -0.4 is 4.90 Å². The normalized spacial score (nSPS) is 29.8. The fourth-order valence-corrected chi connectivity index (χ4v) is 4.29. The topological polar surface area (TPSA) is 60.9 Å². The maximum Gasteiger partial charge on any atom is 0.328 e. The molecular weight excluding hydrogens is 330 g/mol. The molecule has 0 spiro atoms. The van der Waals surface area contributed by atoms with Crippen molar-refractivity contribution in [2.45, 2.75) is 37.8 Å². The highest BCUT2D eigenvalue weighted by Crippen LogP contribution is 2.40. The first-order valence-electron chi connectivity index (χ1n) is 8.13. The lowest BCUT2D eigenvalue weighted by Crippen LogP contribution is -2.45. The van der Waals surface area contributed by atoms with Gasteiger partial charge in [-0.05, 0) is 31.9 Å². The molecule has 7 heteroatoms. The van der Waals surface area contributed by atoms with Crippen LogP contribution in [-0.4, -0.2) is 52.3 Å². The molecule has 1 aromatic carbocycles. The van der Waals surface area contributed by atoms with Crippen molar-refractivity contribution in [3.63, 3.8) is 0 Å². The van der Waals surface area contributed by atoms with Gasteiger partial charge in [0.15, 0.2) is 0 Å². The van der Waals surface area contributed by atoms with Crippen molar-refractivity contribution in [3.8, 4) is 0 Å². The van der Waals surface area contributed by atoms with Gasteiger partial charge >= 0.3 is 6.03 Å². The smallest absolute Gasteiger partial charge is 0.310 e. The van der Waals surface area contributed by atoms with Crippen molar-refractivity contribution < 1.29 is 14.4 Å². The Bertz CT molecular complexity index is 752. The number of imide groups is 1. The van der Waals surface area contributed by atoms with E-state index < -0.39 is 11.6 Å². The molecule has 126 valence electrons. The highest BCUT2D eigenvalue weighted by molar-refractivity contribution is 6.33. The van der Waals surface area contributed by atoms with Gasteiger partial charge in [0.2, 0.25) is 5.91 Å². The van der Waals surface area contributed by atoms with Gasteiger partial charge in [-0.3, -0.25) is 14.5 Å².